The minimum absolute atomic E-state index is 0.392. The number of nitrogens with one attached hydrogen (secondary N) is 1. The van der Waals surface area contributed by atoms with Gasteiger partial charge < -0.3 is 15.8 Å². The average molecular weight is 295 g/mol. The molecular formula is C18H21N3O. The van der Waals surface area contributed by atoms with Crippen molar-refractivity contribution in [3.63, 3.8) is 0 Å². The summed E-state index contributed by atoms with van der Waals surface area (Å²) in [5, 5.41) is 3.30. The number of nitrogens with two attached hydrogens (primary N) is 1. The highest BCUT2D eigenvalue weighted by atomic mass is 16.5. The number of rotatable bonds is 5. The van der Waals surface area contributed by atoms with Gasteiger partial charge in [0, 0.05) is 17.5 Å². The van der Waals surface area contributed by atoms with Crippen molar-refractivity contribution in [2.24, 2.45) is 10.7 Å². The summed E-state index contributed by atoms with van der Waals surface area (Å²) in [5.74, 6) is 1.88. The minimum atomic E-state index is 0.392. The Kier molecular flexibility index (Phi) is 4.28. The largest absolute Gasteiger partial charge is 0.496 e. The van der Waals surface area contributed by atoms with Crippen LogP contribution in [0.2, 0.25) is 0 Å². The zero-order valence-electron chi connectivity index (χ0n) is 12.7. The zero-order chi connectivity index (χ0) is 15.4. The van der Waals surface area contributed by atoms with Crippen LogP contribution in [0, 0.1) is 0 Å². The molecule has 0 spiro atoms. The van der Waals surface area contributed by atoms with Crippen LogP contribution in [0.25, 0.3) is 0 Å². The third-order valence-corrected chi connectivity index (χ3v) is 3.96. The number of nitrogens with zero attached hydrogens (tertiary/aromatic N) is 1. The average Bonchev–Trinajstić information content (AvgIpc) is 3.33. The van der Waals surface area contributed by atoms with Gasteiger partial charge in [0.15, 0.2) is 5.96 Å². The maximum Gasteiger partial charge on any atom is 0.189 e. The Hall–Kier alpha value is -2.49. The first-order chi connectivity index (χ1) is 10.8. The SMILES string of the molecule is COc1ccccc1CN=C(N)NC1CC1c1ccccc1. The van der Waals surface area contributed by atoms with Crippen LogP contribution in [0.3, 0.4) is 0 Å². The third kappa shape index (κ3) is 3.39. The molecule has 114 valence electrons. The van der Waals surface area contributed by atoms with Crippen molar-refractivity contribution in [1.82, 2.24) is 5.32 Å². The molecule has 2 aromatic carbocycles. The highest BCUT2D eigenvalue weighted by Crippen LogP contribution is 2.40. The maximum absolute atomic E-state index is 5.99. The second-order valence-electron chi connectivity index (χ2n) is 5.52. The Morgan fingerprint density at radius 1 is 1.18 bits per heavy atom. The number of methoxy groups -OCH3 is 1. The van der Waals surface area contributed by atoms with E-state index in [1.165, 1.54) is 5.56 Å². The molecule has 1 saturated carbocycles. The fraction of sp³-hybridized carbons (Fsp3) is 0.278. The topological polar surface area (TPSA) is 59.6 Å². The second-order valence-corrected chi connectivity index (χ2v) is 5.52. The van der Waals surface area contributed by atoms with E-state index >= 15 is 0 Å². The Balaban J connectivity index is 1.56. The van der Waals surface area contributed by atoms with Crippen molar-refractivity contribution in [3.05, 3.63) is 65.7 Å². The van der Waals surface area contributed by atoms with Gasteiger partial charge in [-0.05, 0) is 18.1 Å². The number of guanidine groups is 1. The van der Waals surface area contributed by atoms with Gasteiger partial charge in [0.25, 0.3) is 0 Å². The van der Waals surface area contributed by atoms with E-state index in [1.54, 1.807) is 7.11 Å². The monoisotopic (exact) mass is 295 g/mol. The van der Waals surface area contributed by atoms with Crippen molar-refractivity contribution < 1.29 is 4.74 Å². The van der Waals surface area contributed by atoms with Crippen molar-refractivity contribution in [2.75, 3.05) is 7.11 Å². The molecule has 4 nitrogen and oxygen atoms in total. The molecule has 2 unspecified atom stereocenters. The van der Waals surface area contributed by atoms with Crippen molar-refractivity contribution in [3.8, 4) is 5.75 Å². The summed E-state index contributed by atoms with van der Waals surface area (Å²) in [6.45, 7) is 0.519. The first-order valence-corrected chi connectivity index (χ1v) is 7.51. The minimum Gasteiger partial charge on any atom is -0.496 e. The summed E-state index contributed by atoms with van der Waals surface area (Å²) in [6.07, 6.45) is 1.11. The van der Waals surface area contributed by atoms with Crippen LogP contribution in [0.15, 0.2) is 59.6 Å². The fourth-order valence-corrected chi connectivity index (χ4v) is 2.66. The summed E-state index contributed by atoms with van der Waals surface area (Å²) in [6, 6.07) is 18.8. The van der Waals surface area contributed by atoms with Crippen LogP contribution in [0.4, 0.5) is 0 Å². The second kappa shape index (κ2) is 6.52. The highest BCUT2D eigenvalue weighted by molar-refractivity contribution is 5.78. The van der Waals surface area contributed by atoms with E-state index in [0.717, 1.165) is 17.7 Å². The van der Waals surface area contributed by atoms with Gasteiger partial charge in [-0.1, -0.05) is 48.5 Å². The normalized spacial score (nSPS) is 20.5. The summed E-state index contributed by atoms with van der Waals surface area (Å²) >= 11 is 0. The molecule has 0 aliphatic heterocycles. The van der Waals surface area contributed by atoms with Gasteiger partial charge in [-0.3, -0.25) is 0 Å². The molecule has 0 amide bonds. The molecule has 1 aliphatic rings. The lowest BCUT2D eigenvalue weighted by molar-refractivity contribution is 0.410. The van der Waals surface area contributed by atoms with Crippen molar-refractivity contribution in [1.29, 1.82) is 0 Å². The van der Waals surface area contributed by atoms with Gasteiger partial charge in [-0.15, -0.1) is 0 Å². The molecule has 2 aromatic rings. The van der Waals surface area contributed by atoms with Crippen LogP contribution >= 0.6 is 0 Å². The van der Waals surface area contributed by atoms with Crippen molar-refractivity contribution >= 4 is 5.96 Å². The molecule has 4 heteroatoms. The molecule has 3 rings (SSSR count). The van der Waals surface area contributed by atoms with Gasteiger partial charge in [-0.2, -0.15) is 0 Å². The van der Waals surface area contributed by atoms with E-state index in [9.17, 15) is 0 Å². The molecule has 2 atom stereocenters. The molecule has 1 aliphatic carbocycles. The molecular weight excluding hydrogens is 274 g/mol. The smallest absolute Gasteiger partial charge is 0.189 e. The van der Waals surface area contributed by atoms with E-state index in [-0.39, 0.29) is 0 Å². The number of para-hydroxylation sites is 1. The Labute approximate surface area is 131 Å². The molecule has 1 fully saturated rings. The third-order valence-electron chi connectivity index (χ3n) is 3.96. The van der Waals surface area contributed by atoms with E-state index in [1.807, 2.05) is 30.3 Å². The van der Waals surface area contributed by atoms with E-state index in [2.05, 4.69) is 34.6 Å². The summed E-state index contributed by atoms with van der Waals surface area (Å²) in [5.41, 5.74) is 8.38. The quantitative estimate of drug-likeness (QED) is 0.658. The number of ether oxygens (including phenoxy) is 1. The van der Waals surface area contributed by atoms with Crippen LogP contribution in [-0.4, -0.2) is 19.1 Å². The molecule has 0 heterocycles. The molecule has 22 heavy (non-hydrogen) atoms. The van der Waals surface area contributed by atoms with Crippen molar-refractivity contribution in [2.45, 2.75) is 24.9 Å². The zero-order valence-corrected chi connectivity index (χ0v) is 12.7. The van der Waals surface area contributed by atoms with Gasteiger partial charge in [0.1, 0.15) is 5.75 Å². The number of hydrogen-bond acceptors (Lipinski definition) is 2. The highest BCUT2D eigenvalue weighted by Gasteiger charge is 2.38. The van der Waals surface area contributed by atoms with Crippen LogP contribution < -0.4 is 15.8 Å². The van der Waals surface area contributed by atoms with Gasteiger partial charge in [-0.25, -0.2) is 4.99 Å². The van der Waals surface area contributed by atoms with E-state index in [4.69, 9.17) is 10.5 Å². The van der Waals surface area contributed by atoms with Gasteiger partial charge in [0.05, 0.1) is 13.7 Å². The molecule has 0 bridgehead atoms. The Morgan fingerprint density at radius 2 is 1.91 bits per heavy atom. The first kappa shape index (κ1) is 14.4. The van der Waals surface area contributed by atoms with E-state index < -0.39 is 0 Å². The molecule has 3 N–H and O–H groups in total. The summed E-state index contributed by atoms with van der Waals surface area (Å²) in [7, 11) is 1.67. The first-order valence-electron chi connectivity index (χ1n) is 7.51. The molecule has 0 radical (unpaired) electrons. The van der Waals surface area contributed by atoms with Crippen LogP contribution in [0.5, 0.6) is 5.75 Å². The standard InChI is InChI=1S/C18H21N3O/c1-22-17-10-6-5-9-14(17)12-20-18(19)21-16-11-15(16)13-7-3-2-4-8-13/h2-10,15-16H,11-12H2,1H3,(H3,19,20,21). The fourth-order valence-electron chi connectivity index (χ4n) is 2.66. The lowest BCUT2D eigenvalue weighted by atomic mass is 10.1. The van der Waals surface area contributed by atoms with E-state index in [0.29, 0.717) is 24.5 Å². The predicted molar refractivity (Wildman–Crippen MR) is 89.0 cm³/mol. The molecule has 0 aromatic heterocycles. The molecule has 0 saturated heterocycles. The lowest BCUT2D eigenvalue weighted by Gasteiger charge is -2.08. The number of benzene rings is 2. The summed E-state index contributed by atoms with van der Waals surface area (Å²) < 4.78 is 5.32. The van der Waals surface area contributed by atoms with Crippen LogP contribution in [-0.2, 0) is 6.54 Å². The lowest BCUT2D eigenvalue weighted by Crippen LogP contribution is -2.34. The van der Waals surface area contributed by atoms with Crippen LogP contribution in [0.1, 0.15) is 23.5 Å². The number of aliphatic imine (C=N–C) groups is 1. The summed E-state index contributed by atoms with van der Waals surface area (Å²) in [4.78, 5) is 4.41. The Bertz CT molecular complexity index is 654. The number of hydrogen-bond donors (Lipinski definition) is 2. The predicted octanol–water partition coefficient (Wildman–Crippen LogP) is 2.66. The van der Waals surface area contributed by atoms with Gasteiger partial charge >= 0.3 is 0 Å². The van der Waals surface area contributed by atoms with Gasteiger partial charge in [0.2, 0.25) is 0 Å². The Morgan fingerprint density at radius 3 is 2.68 bits per heavy atom. The maximum atomic E-state index is 5.99.